The maximum absolute atomic E-state index is 2.60. The van der Waals surface area contributed by atoms with Gasteiger partial charge in [-0.05, 0) is 63.5 Å². The van der Waals surface area contributed by atoms with Gasteiger partial charge in [-0.25, -0.2) is 0 Å². The predicted octanol–water partition coefficient (Wildman–Crippen LogP) is 8.13. The normalized spacial score (nSPS) is 20.8. The lowest BCUT2D eigenvalue weighted by molar-refractivity contribution is 0.332. The van der Waals surface area contributed by atoms with Crippen LogP contribution in [0.25, 0.3) is 17.2 Å². The topological polar surface area (TPSA) is 0 Å². The number of hydrogen-bond donors (Lipinski definition) is 0. The molecule has 2 aromatic rings. The largest absolute Gasteiger partial charge is 0.0714 e. The van der Waals surface area contributed by atoms with Gasteiger partial charge in [0.05, 0.1) is 0 Å². The van der Waals surface area contributed by atoms with Crippen molar-refractivity contribution in [3.63, 3.8) is 0 Å². The number of allylic oxidation sites excluding steroid dienone is 1. The first kappa shape index (κ1) is 20.7. The van der Waals surface area contributed by atoms with Gasteiger partial charge >= 0.3 is 0 Å². The molecule has 2 aliphatic carbocycles. The third-order valence-electron chi connectivity index (χ3n) is 7.37. The molecule has 4 rings (SSSR count). The highest BCUT2D eigenvalue weighted by Crippen LogP contribution is 2.50. The van der Waals surface area contributed by atoms with E-state index in [4.69, 9.17) is 0 Å². The van der Waals surface area contributed by atoms with Crippen molar-refractivity contribution in [2.24, 2.45) is 5.41 Å². The summed E-state index contributed by atoms with van der Waals surface area (Å²) in [6, 6.07) is 16.4. The fourth-order valence-electron chi connectivity index (χ4n) is 5.74. The minimum absolute atomic E-state index is 0.204. The minimum Gasteiger partial charge on any atom is -0.0714 e. The minimum atomic E-state index is -0.823. The molecule has 0 aromatic heterocycles. The van der Waals surface area contributed by atoms with E-state index in [-0.39, 0.29) is 5.41 Å². The van der Waals surface area contributed by atoms with Crippen LogP contribution in [0.1, 0.15) is 82.0 Å². The van der Waals surface area contributed by atoms with Crippen LogP contribution in [0.5, 0.6) is 0 Å². The lowest BCUT2D eigenvalue weighted by Crippen LogP contribution is -2.20. The van der Waals surface area contributed by atoms with E-state index in [1.807, 2.05) is 0 Å². The second kappa shape index (κ2) is 7.58. The van der Waals surface area contributed by atoms with Gasteiger partial charge in [0.25, 0.3) is 0 Å². The van der Waals surface area contributed by atoms with Gasteiger partial charge in [0.2, 0.25) is 0 Å². The fraction of sp³-hybridized carbons (Fsp3) is 0.500. The van der Waals surface area contributed by atoms with Gasteiger partial charge in [-0.15, -0.1) is 0 Å². The maximum atomic E-state index is 2.60. The number of rotatable bonds is 4. The Bertz CT molecular complexity index is 902. The average molecular weight is 403 g/mol. The van der Waals surface area contributed by atoms with Crippen LogP contribution >= 0.6 is 0 Å². The summed E-state index contributed by atoms with van der Waals surface area (Å²) in [6.07, 6.45) is 9.57. The molecule has 0 saturated heterocycles. The lowest BCUT2D eigenvalue weighted by Gasteiger charge is -2.29. The van der Waals surface area contributed by atoms with E-state index in [0.717, 1.165) is 5.54 Å². The van der Waals surface area contributed by atoms with Crippen molar-refractivity contribution in [3.8, 4) is 11.1 Å². The predicted molar refractivity (Wildman–Crippen MR) is 131 cm³/mol. The van der Waals surface area contributed by atoms with Crippen molar-refractivity contribution >= 4 is 14.9 Å². The Balaban J connectivity index is 1.73. The quantitative estimate of drug-likeness (QED) is 0.453. The van der Waals surface area contributed by atoms with Crippen LogP contribution in [-0.2, 0) is 5.41 Å². The summed E-state index contributed by atoms with van der Waals surface area (Å²) in [7, 11) is -0.823. The lowest BCUT2D eigenvalue weighted by atomic mass is 9.81. The second-order valence-corrected chi connectivity index (χ2v) is 14.4. The third kappa shape index (κ3) is 4.04. The Labute approximate surface area is 180 Å². The molecule has 2 aromatic carbocycles. The summed E-state index contributed by atoms with van der Waals surface area (Å²) in [5.41, 5.74) is 10.5. The molecule has 1 fully saturated rings. The summed E-state index contributed by atoms with van der Waals surface area (Å²) >= 11 is 0. The van der Waals surface area contributed by atoms with E-state index in [2.05, 4.69) is 89.3 Å². The van der Waals surface area contributed by atoms with Crippen molar-refractivity contribution in [2.75, 3.05) is 0 Å². The summed E-state index contributed by atoms with van der Waals surface area (Å²) in [5, 5.41) is 0. The molecular weight excluding hydrogens is 364 g/mol. The number of hydrogen-bond acceptors (Lipinski definition) is 0. The Morgan fingerprint density at radius 3 is 2.21 bits per heavy atom. The van der Waals surface area contributed by atoms with Gasteiger partial charge in [-0.3, -0.25) is 0 Å². The maximum Gasteiger partial charge on any atom is 0.0439 e. The zero-order valence-corrected chi connectivity index (χ0v) is 20.5. The van der Waals surface area contributed by atoms with Crippen LogP contribution < -0.4 is 0 Å². The SMILES string of the molecule is C[SiH](C)C1C(CC2(C)CCCC2)=Cc2c(-c3ccc(C(C)(C)C)cc3)cccc21. The summed E-state index contributed by atoms with van der Waals surface area (Å²) < 4.78 is 0. The Morgan fingerprint density at radius 2 is 1.62 bits per heavy atom. The van der Waals surface area contributed by atoms with Crippen LogP contribution in [0.15, 0.2) is 48.0 Å². The Kier molecular flexibility index (Phi) is 5.40. The average Bonchev–Trinajstić information content (AvgIpc) is 3.24. The van der Waals surface area contributed by atoms with E-state index < -0.39 is 8.80 Å². The summed E-state index contributed by atoms with van der Waals surface area (Å²) in [4.78, 5) is 0. The third-order valence-corrected chi connectivity index (χ3v) is 9.49. The molecule has 1 saturated carbocycles. The molecule has 0 amide bonds. The van der Waals surface area contributed by atoms with Gasteiger partial charge in [0, 0.05) is 8.80 Å². The zero-order valence-electron chi connectivity index (χ0n) is 19.3. The van der Waals surface area contributed by atoms with Crippen LogP contribution in [0.4, 0.5) is 0 Å². The molecule has 0 aliphatic heterocycles. The van der Waals surface area contributed by atoms with Crippen molar-refractivity contribution < 1.29 is 0 Å². The molecule has 0 nitrogen and oxygen atoms in total. The van der Waals surface area contributed by atoms with Crippen LogP contribution in [0, 0.1) is 5.41 Å². The molecule has 0 bridgehead atoms. The monoisotopic (exact) mass is 402 g/mol. The number of fused-ring (bicyclic) bond motifs is 1. The summed E-state index contributed by atoms with van der Waals surface area (Å²) in [6.45, 7) is 14.5. The van der Waals surface area contributed by atoms with Crippen LogP contribution in [0.3, 0.4) is 0 Å². The highest BCUT2D eigenvalue weighted by Gasteiger charge is 2.36. The van der Waals surface area contributed by atoms with E-state index in [1.54, 1.807) is 11.1 Å². The zero-order chi connectivity index (χ0) is 20.8. The Morgan fingerprint density at radius 1 is 0.966 bits per heavy atom. The highest BCUT2D eigenvalue weighted by atomic mass is 28.3. The molecule has 29 heavy (non-hydrogen) atoms. The first-order valence-electron chi connectivity index (χ1n) is 11.6. The van der Waals surface area contributed by atoms with E-state index in [1.165, 1.54) is 54.4 Å². The molecule has 1 heteroatoms. The van der Waals surface area contributed by atoms with Crippen molar-refractivity contribution in [2.45, 2.75) is 83.8 Å². The molecule has 0 radical (unpaired) electrons. The molecule has 0 N–H and O–H groups in total. The highest BCUT2D eigenvalue weighted by molar-refractivity contribution is 6.58. The molecule has 2 aliphatic rings. The van der Waals surface area contributed by atoms with Gasteiger partial charge in [0.1, 0.15) is 0 Å². The van der Waals surface area contributed by atoms with E-state index in [9.17, 15) is 0 Å². The molecule has 1 unspecified atom stereocenters. The molecule has 0 spiro atoms. The second-order valence-electron chi connectivity index (χ2n) is 11.3. The van der Waals surface area contributed by atoms with Crippen molar-refractivity contribution in [1.29, 1.82) is 0 Å². The van der Waals surface area contributed by atoms with E-state index >= 15 is 0 Å². The van der Waals surface area contributed by atoms with Gasteiger partial charge in [-0.1, -0.05) is 108 Å². The van der Waals surface area contributed by atoms with Gasteiger partial charge in [-0.2, -0.15) is 0 Å². The smallest absolute Gasteiger partial charge is 0.0439 e. The van der Waals surface area contributed by atoms with E-state index in [0.29, 0.717) is 5.41 Å². The number of benzene rings is 2. The van der Waals surface area contributed by atoms with Crippen molar-refractivity contribution in [3.05, 3.63) is 64.7 Å². The van der Waals surface area contributed by atoms with Crippen LogP contribution in [0.2, 0.25) is 13.1 Å². The molecular formula is C28H38Si. The first-order chi connectivity index (χ1) is 13.7. The van der Waals surface area contributed by atoms with Crippen molar-refractivity contribution in [1.82, 2.24) is 0 Å². The molecule has 154 valence electrons. The fourth-order valence-corrected chi connectivity index (χ4v) is 7.82. The van der Waals surface area contributed by atoms with Crippen LogP contribution in [-0.4, -0.2) is 8.80 Å². The van der Waals surface area contributed by atoms with Gasteiger partial charge < -0.3 is 0 Å². The Hall–Kier alpha value is -1.60. The standard InChI is InChI=1S/C28H38Si/c1-27(2,3)22-14-12-20(13-15-22)23-10-9-11-24-25(23)18-21(26(24)29(5)6)19-28(4)16-7-8-17-28/h9-15,18,26,29H,7-8,16-17,19H2,1-6H3. The first-order valence-corrected chi connectivity index (χ1v) is 14.6. The van der Waals surface area contributed by atoms with Gasteiger partial charge in [0.15, 0.2) is 0 Å². The summed E-state index contributed by atoms with van der Waals surface area (Å²) in [5.74, 6) is 0. The molecule has 0 heterocycles. The molecule has 1 atom stereocenters.